The molecule has 0 bridgehead atoms. The van der Waals surface area contributed by atoms with Crippen LogP contribution < -0.4 is 10.8 Å². The van der Waals surface area contributed by atoms with E-state index in [2.05, 4.69) is 12.2 Å². The van der Waals surface area contributed by atoms with Gasteiger partial charge in [0.05, 0.1) is 18.6 Å². The van der Waals surface area contributed by atoms with E-state index in [1.54, 1.807) is 19.3 Å². The van der Waals surface area contributed by atoms with Gasteiger partial charge >= 0.3 is 6.03 Å². The fraction of sp³-hybridized carbons (Fsp3) is 0.833. The van der Waals surface area contributed by atoms with E-state index in [0.717, 1.165) is 37.0 Å². The summed E-state index contributed by atoms with van der Waals surface area (Å²) in [5, 5.41) is 12.3. The van der Waals surface area contributed by atoms with E-state index in [1.165, 1.54) is 11.9 Å². The molecule has 2 fully saturated rings. The Balaban J connectivity index is 2.12. The molecule has 3 N–H and O–H groups in total. The van der Waals surface area contributed by atoms with Gasteiger partial charge < -0.3 is 19.7 Å². The van der Waals surface area contributed by atoms with Gasteiger partial charge in [0.15, 0.2) is 0 Å². The Morgan fingerprint density at radius 3 is 2.31 bits per heavy atom. The number of nitrogens with zero attached hydrogens (tertiary/aromatic N) is 2. The van der Waals surface area contributed by atoms with Crippen LogP contribution in [0.1, 0.15) is 66.2 Å². The molecule has 2 aliphatic rings. The van der Waals surface area contributed by atoms with E-state index in [1.807, 2.05) is 6.92 Å². The van der Waals surface area contributed by atoms with Crippen LogP contribution in [0.2, 0.25) is 0 Å². The van der Waals surface area contributed by atoms with Crippen LogP contribution in [0.15, 0.2) is 0 Å². The number of carbonyl (C=O) groups is 4. The molecule has 11 nitrogen and oxygen atoms in total. The van der Waals surface area contributed by atoms with Crippen molar-refractivity contribution in [2.75, 3.05) is 33.6 Å². The number of likely N-dealkylation sites (N-methyl/N-ethyl adjacent to an activating group) is 1. The minimum atomic E-state index is -1.04. The largest absolute Gasteiger partial charge is 0.356 e. The molecule has 1 saturated carbocycles. The number of urea groups is 1. The highest BCUT2D eigenvalue weighted by Gasteiger charge is 2.50. The third kappa shape index (κ3) is 7.37. The summed E-state index contributed by atoms with van der Waals surface area (Å²) < 4.78 is 10.8. The molecule has 2 atom stereocenters. The van der Waals surface area contributed by atoms with Crippen LogP contribution in [-0.2, 0) is 23.9 Å². The maximum atomic E-state index is 13.0. The summed E-state index contributed by atoms with van der Waals surface area (Å²) in [6.45, 7) is 7.62. The minimum absolute atomic E-state index is 0.0312. The molecule has 0 unspecified atom stereocenters. The summed E-state index contributed by atoms with van der Waals surface area (Å²) in [6, 6.07) is -1.09. The van der Waals surface area contributed by atoms with Crippen LogP contribution in [0.25, 0.3) is 0 Å². The van der Waals surface area contributed by atoms with Gasteiger partial charge in [-0.2, -0.15) is 0 Å². The van der Waals surface area contributed by atoms with Crippen molar-refractivity contribution in [3.8, 4) is 0 Å². The summed E-state index contributed by atoms with van der Waals surface area (Å²) in [5.74, 6) is -1.67. The van der Waals surface area contributed by atoms with Crippen molar-refractivity contribution in [2.45, 2.75) is 77.8 Å². The second-order valence-electron chi connectivity index (χ2n) is 10.0. The van der Waals surface area contributed by atoms with Gasteiger partial charge in [0.2, 0.25) is 11.8 Å². The zero-order valence-corrected chi connectivity index (χ0v) is 21.7. The molecule has 1 aliphatic carbocycles. The Morgan fingerprint density at radius 2 is 1.80 bits per heavy atom. The lowest BCUT2D eigenvalue weighted by atomic mass is 9.80. The van der Waals surface area contributed by atoms with Gasteiger partial charge in [0.25, 0.3) is 5.91 Å². The number of hydrogen-bond donors (Lipinski definition) is 3. The highest BCUT2D eigenvalue weighted by atomic mass is 16.7. The average Bonchev–Trinajstić information content (AvgIpc) is 3.00. The van der Waals surface area contributed by atoms with Gasteiger partial charge in [0, 0.05) is 26.1 Å². The average molecular weight is 499 g/mol. The van der Waals surface area contributed by atoms with Crippen molar-refractivity contribution in [3.63, 3.8) is 0 Å². The molecule has 0 aromatic heterocycles. The van der Waals surface area contributed by atoms with Gasteiger partial charge in [-0.15, -0.1) is 0 Å². The number of imide groups is 1. The standard InChI is InChI=1S/C24H42N4O7/c1-6-16-8-10-17(11-9-16)20(29)25-19(14-35-15-34-7-2)12-18(21(30)26-33)13-28-22(31)24(3,4)27(5)23(28)32/h16-19,33H,6-15H2,1-5H3,(H,25,29)(H,26,30)/t16-,17-,18-,19+/m1/s1. The Bertz CT molecular complexity index is 752. The molecule has 0 spiro atoms. The van der Waals surface area contributed by atoms with E-state index in [0.29, 0.717) is 12.5 Å². The van der Waals surface area contributed by atoms with Crippen molar-refractivity contribution < 1.29 is 33.9 Å². The normalized spacial score (nSPS) is 23.8. The zero-order valence-electron chi connectivity index (χ0n) is 21.7. The Morgan fingerprint density at radius 1 is 1.14 bits per heavy atom. The number of hydrogen-bond acceptors (Lipinski definition) is 7. The number of rotatable bonds is 13. The second-order valence-corrected chi connectivity index (χ2v) is 10.0. The maximum absolute atomic E-state index is 13.0. The first-order valence-corrected chi connectivity index (χ1v) is 12.6. The van der Waals surface area contributed by atoms with E-state index < -0.39 is 35.3 Å². The lowest BCUT2D eigenvalue weighted by Crippen LogP contribution is -2.48. The summed E-state index contributed by atoms with van der Waals surface area (Å²) in [6.07, 6.45) is 4.83. The predicted octanol–water partition coefficient (Wildman–Crippen LogP) is 1.88. The molecule has 0 aromatic rings. The number of nitrogens with one attached hydrogen (secondary N) is 2. The van der Waals surface area contributed by atoms with Crippen LogP contribution in [-0.4, -0.2) is 83.9 Å². The molecular formula is C24H42N4O7. The summed E-state index contributed by atoms with van der Waals surface area (Å²) in [7, 11) is 1.53. The molecule has 1 saturated heterocycles. The third-order valence-electron chi connectivity index (χ3n) is 7.41. The Labute approximate surface area is 207 Å². The molecular weight excluding hydrogens is 456 g/mol. The van der Waals surface area contributed by atoms with Gasteiger partial charge in [-0.05, 0) is 58.8 Å². The molecule has 2 rings (SSSR count). The fourth-order valence-electron chi connectivity index (χ4n) is 4.71. The lowest BCUT2D eigenvalue weighted by Gasteiger charge is -2.30. The molecule has 35 heavy (non-hydrogen) atoms. The fourth-order valence-corrected chi connectivity index (χ4v) is 4.71. The SMILES string of the molecule is CCOCOC[C@H](C[C@H](CN1C(=O)N(C)C(C)(C)C1=O)C(=O)NO)NC(=O)[C@H]1CC[C@H](CC)CC1. The smallest absolute Gasteiger partial charge is 0.327 e. The van der Waals surface area contributed by atoms with Crippen molar-refractivity contribution >= 4 is 23.8 Å². The number of hydroxylamine groups is 1. The van der Waals surface area contributed by atoms with E-state index >= 15 is 0 Å². The predicted molar refractivity (Wildman–Crippen MR) is 127 cm³/mol. The van der Waals surface area contributed by atoms with Crippen LogP contribution in [0.5, 0.6) is 0 Å². The van der Waals surface area contributed by atoms with Crippen molar-refractivity contribution in [1.29, 1.82) is 0 Å². The second kappa shape index (κ2) is 13.2. The topological polar surface area (TPSA) is 138 Å². The molecule has 11 heteroatoms. The van der Waals surface area contributed by atoms with Gasteiger partial charge in [-0.1, -0.05) is 13.3 Å². The molecule has 0 aromatic carbocycles. The highest BCUT2D eigenvalue weighted by molar-refractivity contribution is 6.06. The number of amides is 5. The van der Waals surface area contributed by atoms with Crippen molar-refractivity contribution in [3.05, 3.63) is 0 Å². The summed E-state index contributed by atoms with van der Waals surface area (Å²) in [5.41, 5.74) is 0.592. The quantitative estimate of drug-likeness (QED) is 0.116. The van der Waals surface area contributed by atoms with Crippen LogP contribution >= 0.6 is 0 Å². The number of carbonyl (C=O) groups excluding carboxylic acids is 4. The van der Waals surface area contributed by atoms with Crippen LogP contribution in [0, 0.1) is 17.8 Å². The first-order valence-electron chi connectivity index (χ1n) is 12.6. The summed E-state index contributed by atoms with van der Waals surface area (Å²) in [4.78, 5) is 53.4. The maximum Gasteiger partial charge on any atom is 0.327 e. The van der Waals surface area contributed by atoms with E-state index in [-0.39, 0.29) is 38.2 Å². The van der Waals surface area contributed by atoms with Gasteiger partial charge in [-0.25, -0.2) is 10.3 Å². The van der Waals surface area contributed by atoms with Crippen LogP contribution in [0.3, 0.4) is 0 Å². The third-order valence-corrected chi connectivity index (χ3v) is 7.41. The highest BCUT2D eigenvalue weighted by Crippen LogP contribution is 2.31. The first kappa shape index (κ1) is 29.0. The molecule has 5 amide bonds. The zero-order chi connectivity index (χ0) is 26.2. The van der Waals surface area contributed by atoms with Gasteiger partial charge in [-0.3, -0.25) is 24.5 Å². The minimum Gasteiger partial charge on any atom is -0.356 e. The molecule has 200 valence electrons. The Hall–Kier alpha value is -2.24. The van der Waals surface area contributed by atoms with E-state index in [9.17, 15) is 24.4 Å². The van der Waals surface area contributed by atoms with E-state index in [4.69, 9.17) is 9.47 Å². The lowest BCUT2D eigenvalue weighted by molar-refractivity contribution is -0.138. The summed E-state index contributed by atoms with van der Waals surface area (Å²) >= 11 is 0. The molecule has 1 heterocycles. The Kier molecular flexibility index (Phi) is 10.9. The van der Waals surface area contributed by atoms with Crippen molar-refractivity contribution in [2.24, 2.45) is 17.8 Å². The number of ether oxygens (including phenoxy) is 2. The van der Waals surface area contributed by atoms with Crippen LogP contribution in [0.4, 0.5) is 4.79 Å². The first-order chi connectivity index (χ1) is 16.6. The molecule has 0 radical (unpaired) electrons. The monoisotopic (exact) mass is 498 g/mol. The molecule has 1 aliphatic heterocycles. The van der Waals surface area contributed by atoms with Crippen molar-refractivity contribution in [1.82, 2.24) is 20.6 Å². The van der Waals surface area contributed by atoms with Gasteiger partial charge in [0.1, 0.15) is 12.3 Å².